The fraction of sp³-hybridized carbons (Fsp3) is 0.611. The molecule has 1 fully saturated rings. The molecule has 5 nitrogen and oxygen atoms in total. The van der Waals surface area contributed by atoms with Gasteiger partial charge in [0.1, 0.15) is 0 Å². The molecule has 0 saturated carbocycles. The van der Waals surface area contributed by atoms with E-state index >= 15 is 0 Å². The number of nitrogens with two attached hydrogens (primary N) is 1. The van der Waals surface area contributed by atoms with Gasteiger partial charge in [0.25, 0.3) is 0 Å². The van der Waals surface area contributed by atoms with Crippen LogP contribution in [0, 0.1) is 5.41 Å². The number of amides is 1. The van der Waals surface area contributed by atoms with Crippen LogP contribution in [0.5, 0.6) is 0 Å². The Kier molecular flexibility index (Phi) is 8.70. The molecule has 1 aliphatic rings. The van der Waals surface area contributed by atoms with Crippen LogP contribution in [0.3, 0.4) is 0 Å². The lowest BCUT2D eigenvalue weighted by Crippen LogP contribution is -2.38. The molecule has 136 valence electrons. The topological polar surface area (TPSA) is 67.6 Å². The van der Waals surface area contributed by atoms with Crippen LogP contribution < -0.4 is 11.1 Å². The smallest absolute Gasteiger partial charge is 0.234 e. The highest BCUT2D eigenvalue weighted by Crippen LogP contribution is 2.27. The van der Waals surface area contributed by atoms with Crippen molar-refractivity contribution >= 4 is 18.3 Å². The summed E-state index contributed by atoms with van der Waals surface area (Å²) in [7, 11) is 0. The molecular formula is C18H30ClN3O2. The van der Waals surface area contributed by atoms with Crippen LogP contribution in [-0.2, 0) is 22.7 Å². The number of nitrogens with one attached hydrogen (secondary N) is 1. The van der Waals surface area contributed by atoms with E-state index in [1.807, 2.05) is 31.2 Å². The zero-order chi connectivity index (χ0) is 16.7. The van der Waals surface area contributed by atoms with Crippen molar-refractivity contribution in [2.75, 3.05) is 32.8 Å². The number of benzene rings is 1. The number of carbonyl (C=O) groups is 1. The molecule has 24 heavy (non-hydrogen) atoms. The van der Waals surface area contributed by atoms with Crippen molar-refractivity contribution in [2.45, 2.75) is 33.4 Å². The van der Waals surface area contributed by atoms with Gasteiger partial charge in [0.2, 0.25) is 5.91 Å². The van der Waals surface area contributed by atoms with Gasteiger partial charge < -0.3 is 15.8 Å². The number of ether oxygens (including phenoxy) is 1. The van der Waals surface area contributed by atoms with Gasteiger partial charge in [-0.25, -0.2) is 0 Å². The fourth-order valence-electron chi connectivity index (χ4n) is 2.86. The Bertz CT molecular complexity index is 509. The van der Waals surface area contributed by atoms with Crippen molar-refractivity contribution in [3.8, 4) is 0 Å². The monoisotopic (exact) mass is 355 g/mol. The number of likely N-dealkylation sites (tertiary alicyclic amines) is 1. The maximum atomic E-state index is 12.1. The lowest BCUT2D eigenvalue weighted by molar-refractivity contribution is -0.122. The summed E-state index contributed by atoms with van der Waals surface area (Å²) in [6.45, 7) is 9.09. The Hall–Kier alpha value is -1.14. The van der Waals surface area contributed by atoms with Crippen LogP contribution in [-0.4, -0.2) is 43.6 Å². The third-order valence-corrected chi connectivity index (χ3v) is 4.48. The van der Waals surface area contributed by atoms with Crippen LogP contribution in [0.25, 0.3) is 0 Å². The summed E-state index contributed by atoms with van der Waals surface area (Å²) in [6, 6.07) is 8.17. The van der Waals surface area contributed by atoms with Gasteiger partial charge in [-0.1, -0.05) is 31.2 Å². The molecule has 0 bridgehead atoms. The number of halogens is 1. The van der Waals surface area contributed by atoms with E-state index in [9.17, 15) is 4.79 Å². The molecular weight excluding hydrogens is 326 g/mol. The van der Waals surface area contributed by atoms with E-state index < -0.39 is 0 Å². The van der Waals surface area contributed by atoms with Crippen molar-refractivity contribution in [3.63, 3.8) is 0 Å². The summed E-state index contributed by atoms with van der Waals surface area (Å²) in [5, 5.41) is 2.99. The lowest BCUT2D eigenvalue weighted by Gasteiger charge is -2.22. The largest absolute Gasteiger partial charge is 0.377 e. The molecule has 1 atom stereocenters. The second-order valence-corrected chi connectivity index (χ2v) is 6.71. The predicted octanol–water partition coefficient (Wildman–Crippen LogP) is 1.93. The lowest BCUT2D eigenvalue weighted by atomic mass is 9.90. The number of rotatable bonds is 8. The van der Waals surface area contributed by atoms with Crippen molar-refractivity contribution in [3.05, 3.63) is 35.4 Å². The molecule has 6 heteroatoms. The summed E-state index contributed by atoms with van der Waals surface area (Å²) in [6.07, 6.45) is 1.07. The summed E-state index contributed by atoms with van der Waals surface area (Å²) in [4.78, 5) is 14.3. The molecule has 0 radical (unpaired) electrons. The van der Waals surface area contributed by atoms with Crippen molar-refractivity contribution in [2.24, 2.45) is 11.1 Å². The molecule has 1 heterocycles. The van der Waals surface area contributed by atoms with Gasteiger partial charge >= 0.3 is 0 Å². The molecule has 1 saturated heterocycles. The zero-order valence-corrected chi connectivity index (χ0v) is 15.5. The Morgan fingerprint density at radius 3 is 2.58 bits per heavy atom. The van der Waals surface area contributed by atoms with E-state index in [0.717, 1.165) is 37.2 Å². The molecule has 1 aromatic carbocycles. The predicted molar refractivity (Wildman–Crippen MR) is 99.1 cm³/mol. The van der Waals surface area contributed by atoms with Crippen molar-refractivity contribution < 1.29 is 9.53 Å². The molecule has 2 rings (SSSR count). The Morgan fingerprint density at radius 1 is 1.33 bits per heavy atom. The van der Waals surface area contributed by atoms with Gasteiger partial charge in [-0.15, -0.1) is 12.4 Å². The first-order valence-corrected chi connectivity index (χ1v) is 8.39. The number of nitrogens with zero attached hydrogens (tertiary/aromatic N) is 1. The quantitative estimate of drug-likeness (QED) is 0.747. The summed E-state index contributed by atoms with van der Waals surface area (Å²) < 4.78 is 5.37. The molecule has 0 aliphatic carbocycles. The van der Waals surface area contributed by atoms with Crippen LogP contribution >= 0.6 is 12.4 Å². The molecule has 1 amide bonds. The van der Waals surface area contributed by atoms with Gasteiger partial charge in [-0.3, -0.25) is 9.69 Å². The zero-order valence-electron chi connectivity index (χ0n) is 14.7. The number of hydrogen-bond donors (Lipinski definition) is 2. The van der Waals surface area contributed by atoms with Crippen molar-refractivity contribution in [1.29, 1.82) is 0 Å². The van der Waals surface area contributed by atoms with Gasteiger partial charge in [0, 0.05) is 19.7 Å². The average Bonchev–Trinajstić information content (AvgIpc) is 2.93. The second-order valence-electron chi connectivity index (χ2n) is 6.71. The van der Waals surface area contributed by atoms with Gasteiger partial charge in [-0.05, 0) is 43.0 Å². The van der Waals surface area contributed by atoms with Crippen LogP contribution in [0.15, 0.2) is 24.3 Å². The first kappa shape index (κ1) is 20.9. The second kappa shape index (κ2) is 9.99. The number of hydrogen-bond acceptors (Lipinski definition) is 4. The van der Waals surface area contributed by atoms with Crippen LogP contribution in [0.2, 0.25) is 0 Å². The van der Waals surface area contributed by atoms with Crippen LogP contribution in [0.1, 0.15) is 31.4 Å². The molecule has 0 spiro atoms. The first-order valence-electron chi connectivity index (χ1n) is 8.39. The highest BCUT2D eigenvalue weighted by molar-refractivity contribution is 5.85. The maximum Gasteiger partial charge on any atom is 0.234 e. The molecule has 0 aromatic heterocycles. The van der Waals surface area contributed by atoms with Gasteiger partial charge in [0.15, 0.2) is 0 Å². The molecule has 3 N–H and O–H groups in total. The van der Waals surface area contributed by atoms with Gasteiger partial charge in [0.05, 0.1) is 13.2 Å². The minimum absolute atomic E-state index is 0. The molecule has 1 unspecified atom stereocenters. The fourth-order valence-corrected chi connectivity index (χ4v) is 2.86. The Balaban J connectivity index is 0.00000288. The van der Waals surface area contributed by atoms with E-state index in [-0.39, 0.29) is 23.7 Å². The van der Waals surface area contributed by atoms with Crippen LogP contribution in [0.4, 0.5) is 0 Å². The highest BCUT2D eigenvalue weighted by atomic mass is 35.5. The molecule has 1 aromatic rings. The summed E-state index contributed by atoms with van der Waals surface area (Å²) in [5.41, 5.74) is 8.22. The highest BCUT2D eigenvalue weighted by Gasteiger charge is 2.32. The summed E-state index contributed by atoms with van der Waals surface area (Å²) >= 11 is 0. The minimum Gasteiger partial charge on any atom is -0.377 e. The maximum absolute atomic E-state index is 12.1. The first-order chi connectivity index (χ1) is 11.0. The third kappa shape index (κ3) is 6.40. The van der Waals surface area contributed by atoms with E-state index in [1.54, 1.807) is 0 Å². The third-order valence-electron chi connectivity index (χ3n) is 4.48. The van der Waals surface area contributed by atoms with Gasteiger partial charge in [-0.2, -0.15) is 0 Å². The molecule has 1 aliphatic heterocycles. The van der Waals surface area contributed by atoms with Crippen molar-refractivity contribution in [1.82, 2.24) is 10.2 Å². The number of carbonyl (C=O) groups excluding carboxylic acids is 1. The average molecular weight is 356 g/mol. The van der Waals surface area contributed by atoms with E-state index in [4.69, 9.17) is 10.5 Å². The summed E-state index contributed by atoms with van der Waals surface area (Å²) in [5.74, 6) is 0.0738. The Morgan fingerprint density at radius 2 is 2.00 bits per heavy atom. The van der Waals surface area contributed by atoms with E-state index in [2.05, 4.69) is 17.1 Å². The standard InChI is InChI=1S/C18H29N3O2.ClH/c1-3-23-12-16-6-4-15(5-7-16)10-20-17(22)11-21-9-8-18(2,13-19)14-21;/h4-7H,3,8-14,19H2,1-2H3,(H,20,22);1H. The SMILES string of the molecule is CCOCc1ccc(CNC(=O)CN2CCC(C)(CN)C2)cc1.Cl. The van der Waals surface area contributed by atoms with E-state index in [1.165, 1.54) is 0 Å². The Labute approximate surface area is 151 Å². The van der Waals surface area contributed by atoms with E-state index in [0.29, 0.717) is 26.2 Å². The normalized spacial score (nSPS) is 20.6. The minimum atomic E-state index is 0.